The van der Waals surface area contributed by atoms with Crippen LogP contribution in [0.1, 0.15) is 39.8 Å². The van der Waals surface area contributed by atoms with Crippen molar-refractivity contribution in [2.24, 2.45) is 0 Å². The van der Waals surface area contributed by atoms with Gasteiger partial charge in [0.05, 0.1) is 70.0 Å². The first kappa shape index (κ1) is 21.8. The SMILES string of the molecule is C[C@H]1Cn2ncc(N3CC([N+](C)(C)S(C)=O)CC3=O)c2CN1C(=O)OC(C)(C)C. The van der Waals surface area contributed by atoms with Gasteiger partial charge in [-0.05, 0) is 27.7 Å². The Kier molecular flexibility index (Phi) is 5.55. The number of fused-ring (bicyclic) bond motifs is 1. The average Bonchev–Trinajstić information content (AvgIpc) is 3.15. The van der Waals surface area contributed by atoms with E-state index in [1.807, 2.05) is 46.5 Å². The minimum Gasteiger partial charge on any atom is -0.444 e. The third kappa shape index (κ3) is 4.18. The van der Waals surface area contributed by atoms with E-state index < -0.39 is 16.6 Å². The number of ether oxygens (including phenoxy) is 1. The van der Waals surface area contributed by atoms with Gasteiger partial charge in [0.1, 0.15) is 11.6 Å². The van der Waals surface area contributed by atoms with Crippen LogP contribution in [0.3, 0.4) is 0 Å². The van der Waals surface area contributed by atoms with E-state index in [0.29, 0.717) is 26.1 Å². The van der Waals surface area contributed by atoms with Crippen molar-refractivity contribution in [3.8, 4) is 0 Å². The van der Waals surface area contributed by atoms with Gasteiger partial charge in [0.2, 0.25) is 16.9 Å². The van der Waals surface area contributed by atoms with Crippen molar-refractivity contribution in [3.05, 3.63) is 11.9 Å². The maximum Gasteiger partial charge on any atom is 0.410 e. The van der Waals surface area contributed by atoms with Crippen LogP contribution in [0, 0.1) is 0 Å². The number of quaternary nitrogens is 1. The first-order valence-electron chi connectivity index (χ1n) is 9.83. The van der Waals surface area contributed by atoms with Gasteiger partial charge in [0, 0.05) is 0 Å². The van der Waals surface area contributed by atoms with Crippen molar-refractivity contribution in [1.82, 2.24) is 14.7 Å². The second-order valence-corrected chi connectivity index (χ2v) is 11.1. The third-order valence-corrected chi connectivity index (χ3v) is 7.40. The van der Waals surface area contributed by atoms with Gasteiger partial charge in [-0.1, -0.05) is 0 Å². The predicted octanol–water partition coefficient (Wildman–Crippen LogP) is 1.50. The van der Waals surface area contributed by atoms with Crippen molar-refractivity contribution in [2.75, 3.05) is 31.8 Å². The fourth-order valence-corrected chi connectivity index (χ4v) is 4.29. The summed E-state index contributed by atoms with van der Waals surface area (Å²) in [5, 5.41) is 4.46. The molecule has 0 N–H and O–H groups in total. The van der Waals surface area contributed by atoms with Crippen LogP contribution >= 0.6 is 0 Å². The Hall–Kier alpha value is -1.94. The smallest absolute Gasteiger partial charge is 0.410 e. The topological polar surface area (TPSA) is 84.7 Å². The first-order valence-corrected chi connectivity index (χ1v) is 11.3. The fraction of sp³-hybridized carbons (Fsp3) is 0.737. The van der Waals surface area contributed by atoms with Crippen LogP contribution in [-0.4, -0.2) is 79.4 Å². The van der Waals surface area contributed by atoms with Crippen LogP contribution in [0.15, 0.2) is 6.20 Å². The number of anilines is 1. The van der Waals surface area contributed by atoms with Crippen molar-refractivity contribution in [3.63, 3.8) is 0 Å². The molecule has 0 spiro atoms. The number of carbonyl (C=O) groups excluding carboxylic acids is 2. The number of carbonyl (C=O) groups is 2. The van der Waals surface area contributed by atoms with Gasteiger partial charge in [0.25, 0.3) is 0 Å². The second kappa shape index (κ2) is 7.39. The molecule has 0 bridgehead atoms. The molecule has 1 fully saturated rings. The van der Waals surface area contributed by atoms with Gasteiger partial charge in [0.15, 0.2) is 0 Å². The molecule has 9 nitrogen and oxygen atoms in total. The van der Waals surface area contributed by atoms with Crippen LogP contribution in [0.4, 0.5) is 10.5 Å². The van der Waals surface area contributed by atoms with E-state index in [2.05, 4.69) is 5.10 Å². The number of amides is 2. The van der Waals surface area contributed by atoms with Gasteiger partial charge in [-0.15, -0.1) is 0 Å². The standard InChI is InChI=1S/C19H32N5O4S/c1-13-10-23-16(12-21(13)18(26)28-19(2,3)4)15(9-20-23)22-11-14(8-17(22)25)24(5,6)29(7)27/h9,13-14H,8,10-12H2,1-7H3/q+1/t13-,14?,29?/m0/s1. The molecule has 10 heteroatoms. The lowest BCUT2D eigenvalue weighted by atomic mass is 10.2. The molecule has 2 amide bonds. The highest BCUT2D eigenvalue weighted by Gasteiger charge is 2.44. The maximum atomic E-state index is 12.8. The number of rotatable bonds is 3. The third-order valence-electron chi connectivity index (χ3n) is 5.78. The molecule has 3 heterocycles. The molecular weight excluding hydrogens is 394 g/mol. The van der Waals surface area contributed by atoms with Crippen LogP contribution in [-0.2, 0) is 33.6 Å². The molecule has 3 atom stereocenters. The molecule has 2 aliphatic heterocycles. The van der Waals surface area contributed by atoms with Gasteiger partial charge in [-0.25, -0.2) is 8.68 Å². The summed E-state index contributed by atoms with van der Waals surface area (Å²) in [5.74, 6) is -0.00936. The molecule has 29 heavy (non-hydrogen) atoms. The minimum absolute atomic E-state index is 0.00936. The lowest BCUT2D eigenvalue weighted by Gasteiger charge is -2.36. The number of aromatic nitrogens is 2. The lowest BCUT2D eigenvalue weighted by Crippen LogP contribution is -2.51. The largest absolute Gasteiger partial charge is 0.444 e. The van der Waals surface area contributed by atoms with Crippen molar-refractivity contribution in [1.29, 1.82) is 0 Å². The highest BCUT2D eigenvalue weighted by Crippen LogP contribution is 2.33. The number of hydrogen-bond donors (Lipinski definition) is 0. The van der Waals surface area contributed by atoms with Crippen LogP contribution < -0.4 is 4.90 Å². The Morgan fingerprint density at radius 3 is 2.55 bits per heavy atom. The first-order chi connectivity index (χ1) is 13.3. The molecule has 1 aromatic heterocycles. The van der Waals surface area contributed by atoms with E-state index in [-0.39, 0.29) is 28.0 Å². The van der Waals surface area contributed by atoms with E-state index >= 15 is 0 Å². The fourth-order valence-electron chi connectivity index (χ4n) is 3.73. The van der Waals surface area contributed by atoms with Gasteiger partial charge < -0.3 is 9.64 Å². The molecule has 0 saturated carbocycles. The monoisotopic (exact) mass is 426 g/mol. The summed E-state index contributed by atoms with van der Waals surface area (Å²) in [6.45, 7) is 8.84. The normalized spacial score (nSPS) is 23.9. The molecule has 2 aliphatic rings. The Bertz CT molecular complexity index is 844. The summed E-state index contributed by atoms with van der Waals surface area (Å²) in [6, 6.07) is -0.126. The second-order valence-electron chi connectivity index (χ2n) is 9.34. The van der Waals surface area contributed by atoms with Gasteiger partial charge >= 0.3 is 6.09 Å². The Morgan fingerprint density at radius 2 is 1.97 bits per heavy atom. The van der Waals surface area contributed by atoms with E-state index in [9.17, 15) is 13.8 Å². The summed E-state index contributed by atoms with van der Waals surface area (Å²) >= 11 is 0. The average molecular weight is 427 g/mol. The summed E-state index contributed by atoms with van der Waals surface area (Å²) in [5.41, 5.74) is 0.972. The molecule has 2 unspecified atom stereocenters. The molecule has 0 radical (unpaired) electrons. The summed E-state index contributed by atoms with van der Waals surface area (Å²) < 4.78 is 19.8. The summed E-state index contributed by atoms with van der Waals surface area (Å²) in [6.07, 6.45) is 3.33. The van der Waals surface area contributed by atoms with Crippen LogP contribution in [0.2, 0.25) is 0 Å². The van der Waals surface area contributed by atoms with Crippen molar-refractivity contribution < 1.29 is 22.4 Å². The highest BCUT2D eigenvalue weighted by molar-refractivity contribution is 7.78. The number of likely N-dealkylation sites (N-methyl/N-ethyl adjacent to an activating group) is 1. The summed E-state index contributed by atoms with van der Waals surface area (Å²) in [7, 11) is 2.67. The molecule has 3 rings (SSSR count). The van der Waals surface area contributed by atoms with E-state index in [0.717, 1.165) is 11.4 Å². The molecule has 162 valence electrons. The van der Waals surface area contributed by atoms with Crippen LogP contribution in [0.5, 0.6) is 0 Å². The van der Waals surface area contributed by atoms with E-state index in [4.69, 9.17) is 4.74 Å². The van der Waals surface area contributed by atoms with Crippen LogP contribution in [0.25, 0.3) is 0 Å². The Balaban J connectivity index is 1.84. The maximum absolute atomic E-state index is 12.8. The number of nitrogens with zero attached hydrogens (tertiary/aromatic N) is 5. The van der Waals surface area contributed by atoms with Gasteiger partial charge in [-0.3, -0.25) is 14.4 Å². The zero-order chi connectivity index (χ0) is 21.7. The lowest BCUT2D eigenvalue weighted by molar-refractivity contribution is -0.783. The zero-order valence-corrected chi connectivity index (χ0v) is 19.2. The zero-order valence-electron chi connectivity index (χ0n) is 18.3. The van der Waals surface area contributed by atoms with Crippen molar-refractivity contribution in [2.45, 2.75) is 64.9 Å². The Morgan fingerprint density at radius 1 is 1.31 bits per heavy atom. The molecule has 1 saturated heterocycles. The Labute approximate surface area is 174 Å². The van der Waals surface area contributed by atoms with E-state index in [1.165, 1.54) is 0 Å². The quantitative estimate of drug-likeness (QED) is 0.684. The molecule has 0 aliphatic carbocycles. The van der Waals surface area contributed by atoms with E-state index in [1.54, 1.807) is 22.3 Å². The number of hydrogen-bond acceptors (Lipinski definition) is 5. The predicted molar refractivity (Wildman–Crippen MR) is 110 cm³/mol. The van der Waals surface area contributed by atoms with Crippen molar-refractivity contribution >= 4 is 28.7 Å². The summed E-state index contributed by atoms with van der Waals surface area (Å²) in [4.78, 5) is 28.9. The molecule has 1 aromatic rings. The molecular formula is C19H32N5O4S+. The minimum atomic E-state index is -1.10. The van der Waals surface area contributed by atoms with Gasteiger partial charge in [-0.2, -0.15) is 9.31 Å². The molecule has 0 aromatic carbocycles. The highest BCUT2D eigenvalue weighted by atomic mass is 32.2.